The summed E-state index contributed by atoms with van der Waals surface area (Å²) in [4.78, 5) is 11.7. The molecule has 5 heteroatoms. The fraction of sp³-hybridized carbons (Fsp3) is 0.167. The maximum Gasteiger partial charge on any atom is 0.294 e. The van der Waals surface area contributed by atoms with Crippen molar-refractivity contribution in [3.05, 3.63) is 47.9 Å². The zero-order valence-corrected chi connectivity index (χ0v) is 9.25. The van der Waals surface area contributed by atoms with Gasteiger partial charge in [-0.1, -0.05) is 23.4 Å². The first-order valence-electron chi connectivity index (χ1n) is 5.17. The summed E-state index contributed by atoms with van der Waals surface area (Å²) >= 11 is 0. The van der Waals surface area contributed by atoms with E-state index < -0.39 is 12.0 Å². The number of nitrogens with one attached hydrogen (secondary N) is 1. The highest BCUT2D eigenvalue weighted by atomic mass is 16.5. The maximum absolute atomic E-state index is 11.7. The van der Waals surface area contributed by atoms with E-state index in [4.69, 9.17) is 4.52 Å². The average Bonchev–Trinajstić information content (AvgIpc) is 2.83. The van der Waals surface area contributed by atoms with Crippen LogP contribution in [-0.4, -0.2) is 16.2 Å². The van der Waals surface area contributed by atoms with Crippen molar-refractivity contribution in [2.24, 2.45) is 0 Å². The first kappa shape index (κ1) is 11.3. The zero-order valence-electron chi connectivity index (χ0n) is 9.25. The Bertz CT molecular complexity index is 506. The lowest BCUT2D eigenvalue weighted by molar-refractivity contribution is 0.0987. The molecule has 0 bridgehead atoms. The first-order chi connectivity index (χ1) is 8.18. The summed E-state index contributed by atoms with van der Waals surface area (Å²) in [5.74, 6) is -0.263. The molecule has 0 aliphatic heterocycles. The van der Waals surface area contributed by atoms with Gasteiger partial charge in [0.2, 0.25) is 5.76 Å². The van der Waals surface area contributed by atoms with E-state index >= 15 is 0 Å². The topological polar surface area (TPSA) is 75.4 Å². The molecule has 1 unspecified atom stereocenters. The molecule has 1 amide bonds. The predicted octanol–water partition coefficient (Wildman–Crippen LogP) is 1.98. The van der Waals surface area contributed by atoms with Crippen molar-refractivity contribution >= 4 is 11.6 Å². The Kier molecular flexibility index (Phi) is 3.20. The van der Waals surface area contributed by atoms with Gasteiger partial charge < -0.3 is 14.9 Å². The summed E-state index contributed by atoms with van der Waals surface area (Å²) in [6.45, 7) is 1.64. The van der Waals surface area contributed by atoms with E-state index in [0.29, 0.717) is 11.3 Å². The van der Waals surface area contributed by atoms with Gasteiger partial charge >= 0.3 is 0 Å². The molecule has 1 aromatic carbocycles. The lowest BCUT2D eigenvalue weighted by Gasteiger charge is -2.11. The smallest absolute Gasteiger partial charge is 0.294 e. The zero-order chi connectivity index (χ0) is 12.3. The fourth-order valence-electron chi connectivity index (χ4n) is 1.49. The summed E-state index contributed by atoms with van der Waals surface area (Å²) in [5, 5.41) is 15.7. The third-order valence-corrected chi connectivity index (χ3v) is 2.32. The molecule has 0 radical (unpaired) electrons. The van der Waals surface area contributed by atoms with Crippen molar-refractivity contribution in [3.8, 4) is 0 Å². The lowest BCUT2D eigenvalue weighted by Crippen LogP contribution is -2.13. The third kappa shape index (κ3) is 2.51. The van der Waals surface area contributed by atoms with Crippen molar-refractivity contribution in [2.45, 2.75) is 13.0 Å². The largest absolute Gasteiger partial charge is 0.389 e. The van der Waals surface area contributed by atoms with E-state index in [1.54, 1.807) is 31.2 Å². The Labute approximate surface area is 98.1 Å². The predicted molar refractivity (Wildman–Crippen MR) is 61.5 cm³/mol. The molecule has 0 saturated carbocycles. The van der Waals surface area contributed by atoms with Crippen LogP contribution in [0.2, 0.25) is 0 Å². The quantitative estimate of drug-likeness (QED) is 0.848. The monoisotopic (exact) mass is 232 g/mol. The number of carbonyl (C=O) groups is 1. The number of rotatable bonds is 3. The van der Waals surface area contributed by atoms with Crippen molar-refractivity contribution in [2.75, 3.05) is 5.32 Å². The minimum Gasteiger partial charge on any atom is -0.389 e. The molecule has 17 heavy (non-hydrogen) atoms. The number of carbonyl (C=O) groups excluding carboxylic acids is 1. The molecule has 0 spiro atoms. The highest BCUT2D eigenvalue weighted by molar-refractivity contribution is 6.02. The molecular formula is C12H12N2O3. The van der Waals surface area contributed by atoms with Gasteiger partial charge in [-0.3, -0.25) is 4.79 Å². The van der Waals surface area contributed by atoms with Crippen LogP contribution in [-0.2, 0) is 0 Å². The molecule has 0 aliphatic rings. The van der Waals surface area contributed by atoms with Crippen molar-refractivity contribution in [1.82, 2.24) is 5.16 Å². The average molecular weight is 232 g/mol. The van der Waals surface area contributed by atoms with Crippen molar-refractivity contribution in [3.63, 3.8) is 0 Å². The van der Waals surface area contributed by atoms with Crippen LogP contribution in [0.3, 0.4) is 0 Å². The minimum atomic E-state index is -0.652. The number of nitrogens with zero attached hydrogens (tertiary/aromatic N) is 1. The number of anilines is 1. The van der Waals surface area contributed by atoms with Crippen molar-refractivity contribution in [1.29, 1.82) is 0 Å². The Balaban J connectivity index is 2.22. The summed E-state index contributed by atoms with van der Waals surface area (Å²) in [6.07, 6.45) is 0.747. The first-order valence-corrected chi connectivity index (χ1v) is 5.17. The third-order valence-electron chi connectivity index (χ3n) is 2.32. The molecule has 1 heterocycles. The second-order valence-electron chi connectivity index (χ2n) is 3.59. The van der Waals surface area contributed by atoms with Crippen LogP contribution in [0, 0.1) is 0 Å². The number of hydrogen-bond donors (Lipinski definition) is 2. The Morgan fingerprint density at radius 2 is 2.18 bits per heavy atom. The summed E-state index contributed by atoms with van der Waals surface area (Å²) in [5.41, 5.74) is 1.21. The minimum absolute atomic E-state index is 0.130. The SMILES string of the molecule is CC(O)c1ccccc1NC(=O)c1ccno1. The van der Waals surface area contributed by atoms with Gasteiger partial charge in [0.15, 0.2) is 0 Å². The fourth-order valence-corrected chi connectivity index (χ4v) is 1.49. The van der Waals surface area contributed by atoms with E-state index in [9.17, 15) is 9.90 Å². The van der Waals surface area contributed by atoms with Gasteiger partial charge in [0.25, 0.3) is 5.91 Å². The van der Waals surface area contributed by atoms with Crippen LogP contribution in [0.15, 0.2) is 41.1 Å². The Morgan fingerprint density at radius 3 is 2.82 bits per heavy atom. The molecule has 2 N–H and O–H groups in total. The van der Waals surface area contributed by atoms with Gasteiger partial charge in [0, 0.05) is 17.3 Å². The van der Waals surface area contributed by atoms with Crippen LogP contribution in [0.4, 0.5) is 5.69 Å². The van der Waals surface area contributed by atoms with Gasteiger partial charge in [-0.25, -0.2) is 0 Å². The van der Waals surface area contributed by atoms with E-state index in [2.05, 4.69) is 10.5 Å². The number of aromatic nitrogens is 1. The van der Waals surface area contributed by atoms with E-state index in [1.807, 2.05) is 0 Å². The molecule has 5 nitrogen and oxygen atoms in total. The highest BCUT2D eigenvalue weighted by Gasteiger charge is 2.13. The molecule has 0 aliphatic carbocycles. The van der Waals surface area contributed by atoms with Crippen LogP contribution in [0.5, 0.6) is 0 Å². The number of amides is 1. The normalized spacial score (nSPS) is 12.1. The van der Waals surface area contributed by atoms with Crippen molar-refractivity contribution < 1.29 is 14.4 Å². The molecular weight excluding hydrogens is 220 g/mol. The molecule has 88 valence electrons. The number of benzene rings is 1. The van der Waals surface area contributed by atoms with Gasteiger partial charge in [-0.05, 0) is 13.0 Å². The van der Waals surface area contributed by atoms with E-state index in [1.165, 1.54) is 12.3 Å². The maximum atomic E-state index is 11.7. The molecule has 2 aromatic rings. The number of para-hydroxylation sites is 1. The van der Waals surface area contributed by atoms with Gasteiger partial charge in [0.1, 0.15) is 0 Å². The lowest BCUT2D eigenvalue weighted by atomic mass is 10.1. The number of hydrogen-bond acceptors (Lipinski definition) is 4. The van der Waals surface area contributed by atoms with Crippen LogP contribution in [0.25, 0.3) is 0 Å². The van der Waals surface area contributed by atoms with E-state index in [-0.39, 0.29) is 5.76 Å². The van der Waals surface area contributed by atoms with Crippen LogP contribution < -0.4 is 5.32 Å². The Morgan fingerprint density at radius 1 is 1.41 bits per heavy atom. The highest BCUT2D eigenvalue weighted by Crippen LogP contribution is 2.22. The molecule has 0 fully saturated rings. The van der Waals surface area contributed by atoms with Gasteiger partial charge in [0.05, 0.1) is 12.3 Å². The molecule has 1 aromatic heterocycles. The van der Waals surface area contributed by atoms with Gasteiger partial charge in [-0.15, -0.1) is 0 Å². The summed E-state index contributed by atoms with van der Waals surface area (Å²) in [6, 6.07) is 8.52. The van der Waals surface area contributed by atoms with Gasteiger partial charge in [-0.2, -0.15) is 0 Å². The summed E-state index contributed by atoms with van der Waals surface area (Å²) in [7, 11) is 0. The van der Waals surface area contributed by atoms with E-state index in [0.717, 1.165) is 0 Å². The molecule has 2 rings (SSSR count). The number of aliphatic hydroxyl groups is 1. The van der Waals surface area contributed by atoms with Crippen LogP contribution >= 0.6 is 0 Å². The second-order valence-corrected chi connectivity index (χ2v) is 3.59. The van der Waals surface area contributed by atoms with Crippen LogP contribution in [0.1, 0.15) is 29.1 Å². The summed E-state index contributed by atoms with van der Waals surface area (Å²) < 4.78 is 4.74. The standard InChI is InChI=1S/C12H12N2O3/c1-8(15)9-4-2-3-5-10(9)14-12(16)11-6-7-13-17-11/h2-8,15H,1H3,(H,14,16). The number of aliphatic hydroxyl groups excluding tert-OH is 1. The molecule has 0 saturated heterocycles. The Hall–Kier alpha value is -2.14. The molecule has 1 atom stereocenters. The second kappa shape index (κ2) is 4.80.